The van der Waals surface area contributed by atoms with Crippen LogP contribution in [-0.2, 0) is 26.2 Å². The van der Waals surface area contributed by atoms with Gasteiger partial charge < -0.3 is 9.47 Å². The van der Waals surface area contributed by atoms with E-state index in [9.17, 15) is 13.2 Å². The lowest BCUT2D eigenvalue weighted by atomic mass is 10.1. The van der Waals surface area contributed by atoms with Gasteiger partial charge in [-0.1, -0.05) is 24.0 Å². The molecule has 160 valence electrons. The number of rotatable bonds is 7. The second-order valence-corrected chi connectivity index (χ2v) is 9.31. The molecule has 0 aromatic heterocycles. The number of carbonyl (C=O) groups is 1. The number of carbonyl (C=O) groups excluding carboxylic acids is 1. The average molecular weight is 430 g/mol. The first-order valence-corrected chi connectivity index (χ1v) is 11.1. The minimum Gasteiger partial charge on any atom is -0.489 e. The Hall–Kier alpha value is -2.82. The lowest BCUT2D eigenvalue weighted by Gasteiger charge is -2.19. The number of unbranched alkanes of at least 4 members (excludes halogenated alkanes) is 1. The summed E-state index contributed by atoms with van der Waals surface area (Å²) in [6.07, 6.45) is 1.64. The summed E-state index contributed by atoms with van der Waals surface area (Å²) in [6.45, 7) is 5.85. The summed E-state index contributed by atoms with van der Waals surface area (Å²) in [7, 11) is -3.69. The molecule has 0 aliphatic heterocycles. The van der Waals surface area contributed by atoms with E-state index in [-0.39, 0.29) is 10.9 Å². The van der Waals surface area contributed by atoms with Crippen molar-refractivity contribution < 1.29 is 22.7 Å². The van der Waals surface area contributed by atoms with Crippen LogP contribution in [0.1, 0.15) is 51.2 Å². The van der Waals surface area contributed by atoms with Gasteiger partial charge in [0.1, 0.15) is 18.0 Å². The maximum Gasteiger partial charge on any atom is 0.306 e. The van der Waals surface area contributed by atoms with Gasteiger partial charge in [0, 0.05) is 18.4 Å². The van der Waals surface area contributed by atoms with Crippen LogP contribution in [0.4, 0.5) is 0 Å². The number of hydrogen-bond donors (Lipinski definition) is 1. The van der Waals surface area contributed by atoms with E-state index in [4.69, 9.17) is 14.6 Å². The fourth-order valence-electron chi connectivity index (χ4n) is 2.45. The van der Waals surface area contributed by atoms with Crippen LogP contribution in [-0.4, -0.2) is 20.0 Å². The molecule has 0 heterocycles. The molecular formula is C23H27NO5S. The molecule has 0 saturated carbocycles. The average Bonchev–Trinajstić information content (AvgIpc) is 2.65. The zero-order valence-corrected chi connectivity index (χ0v) is 18.3. The van der Waals surface area contributed by atoms with Gasteiger partial charge in [-0.05, 0) is 69.2 Å². The zero-order chi connectivity index (χ0) is 22.2. The molecule has 30 heavy (non-hydrogen) atoms. The predicted octanol–water partition coefficient (Wildman–Crippen LogP) is 3.78. The molecule has 0 amide bonds. The first-order chi connectivity index (χ1) is 14.0. The standard InChI is InChI=1S/C23H27NO5S/c1-23(2,3)29-22(25)8-6-4-5-7-18-9-13-20(14-10-18)28-17-19-11-15-21(16-12-19)30(24,26)27/h9-16H,4,6,8,17H2,1-3H3,(H2,24,26,27). The van der Waals surface area contributed by atoms with E-state index in [1.807, 2.05) is 45.0 Å². The normalized spacial score (nSPS) is 11.3. The van der Waals surface area contributed by atoms with Gasteiger partial charge in [-0.3, -0.25) is 4.79 Å². The molecule has 0 saturated heterocycles. The third kappa shape index (κ3) is 8.68. The summed E-state index contributed by atoms with van der Waals surface area (Å²) < 4.78 is 33.5. The lowest BCUT2D eigenvalue weighted by molar-refractivity contribution is -0.154. The smallest absolute Gasteiger partial charge is 0.306 e. The van der Waals surface area contributed by atoms with Crippen molar-refractivity contribution in [3.63, 3.8) is 0 Å². The highest BCUT2D eigenvalue weighted by molar-refractivity contribution is 7.89. The molecule has 2 N–H and O–H groups in total. The van der Waals surface area contributed by atoms with Crippen LogP contribution < -0.4 is 9.88 Å². The number of benzene rings is 2. The third-order valence-corrected chi connectivity index (χ3v) is 4.78. The Morgan fingerprint density at radius 1 is 1.03 bits per heavy atom. The highest BCUT2D eigenvalue weighted by Gasteiger charge is 2.15. The fraction of sp³-hybridized carbons (Fsp3) is 0.348. The maximum absolute atomic E-state index is 11.6. The predicted molar refractivity (Wildman–Crippen MR) is 115 cm³/mol. The van der Waals surface area contributed by atoms with Gasteiger partial charge >= 0.3 is 5.97 Å². The Morgan fingerprint density at radius 3 is 2.23 bits per heavy atom. The van der Waals surface area contributed by atoms with Crippen molar-refractivity contribution in [3.05, 3.63) is 59.7 Å². The van der Waals surface area contributed by atoms with E-state index >= 15 is 0 Å². The van der Waals surface area contributed by atoms with Gasteiger partial charge in [-0.25, -0.2) is 13.6 Å². The van der Waals surface area contributed by atoms with E-state index in [0.717, 1.165) is 11.1 Å². The Kier molecular flexibility index (Phi) is 8.04. The second kappa shape index (κ2) is 10.3. The van der Waals surface area contributed by atoms with Crippen LogP contribution in [0.15, 0.2) is 53.4 Å². The molecule has 0 radical (unpaired) electrons. The van der Waals surface area contributed by atoms with Crippen molar-refractivity contribution in [1.82, 2.24) is 0 Å². The summed E-state index contributed by atoms with van der Waals surface area (Å²) in [4.78, 5) is 11.7. The topological polar surface area (TPSA) is 95.7 Å². The molecule has 0 bridgehead atoms. The van der Waals surface area contributed by atoms with Gasteiger partial charge in [0.15, 0.2) is 0 Å². The van der Waals surface area contributed by atoms with Crippen LogP contribution in [0.5, 0.6) is 5.75 Å². The molecule has 0 spiro atoms. The fourth-order valence-corrected chi connectivity index (χ4v) is 2.97. The molecule has 6 nitrogen and oxygen atoms in total. The summed E-state index contributed by atoms with van der Waals surface area (Å²) in [5.41, 5.74) is 1.23. The molecule has 0 unspecified atom stereocenters. The largest absolute Gasteiger partial charge is 0.489 e. The van der Waals surface area contributed by atoms with Crippen molar-refractivity contribution in [2.45, 2.75) is 57.1 Å². The van der Waals surface area contributed by atoms with Crippen LogP contribution in [0.3, 0.4) is 0 Å². The monoisotopic (exact) mass is 429 g/mol. The van der Waals surface area contributed by atoms with Gasteiger partial charge in [-0.15, -0.1) is 0 Å². The Labute approximate surface area is 178 Å². The minimum absolute atomic E-state index is 0.0697. The van der Waals surface area contributed by atoms with Crippen molar-refractivity contribution in [2.24, 2.45) is 5.14 Å². The van der Waals surface area contributed by atoms with Crippen molar-refractivity contribution in [1.29, 1.82) is 0 Å². The van der Waals surface area contributed by atoms with Crippen molar-refractivity contribution in [2.75, 3.05) is 0 Å². The maximum atomic E-state index is 11.6. The lowest BCUT2D eigenvalue weighted by Crippen LogP contribution is -2.23. The second-order valence-electron chi connectivity index (χ2n) is 7.74. The van der Waals surface area contributed by atoms with Crippen LogP contribution in [0.2, 0.25) is 0 Å². The number of sulfonamides is 1. The molecular weight excluding hydrogens is 402 g/mol. The van der Waals surface area contributed by atoms with Crippen LogP contribution in [0.25, 0.3) is 0 Å². The first kappa shape index (κ1) is 23.5. The van der Waals surface area contributed by atoms with Gasteiger partial charge in [0.2, 0.25) is 10.0 Å². The minimum atomic E-state index is -3.69. The summed E-state index contributed by atoms with van der Waals surface area (Å²) >= 11 is 0. The SMILES string of the molecule is CC(C)(C)OC(=O)CCCC#Cc1ccc(OCc2ccc(S(N)(=O)=O)cc2)cc1. The number of nitrogens with two attached hydrogens (primary N) is 1. The van der Waals surface area contributed by atoms with E-state index in [1.165, 1.54) is 12.1 Å². The quantitative estimate of drug-likeness (QED) is 0.411. The Bertz CT molecular complexity index is 1010. The Balaban J connectivity index is 1.78. The molecule has 0 aliphatic carbocycles. The number of hydrogen-bond acceptors (Lipinski definition) is 5. The molecule has 7 heteroatoms. The van der Waals surface area contributed by atoms with Gasteiger partial charge in [0.05, 0.1) is 4.90 Å². The number of esters is 1. The molecule has 0 atom stereocenters. The first-order valence-electron chi connectivity index (χ1n) is 9.58. The summed E-state index contributed by atoms with van der Waals surface area (Å²) in [6, 6.07) is 13.6. The summed E-state index contributed by atoms with van der Waals surface area (Å²) in [5, 5.41) is 5.08. The van der Waals surface area contributed by atoms with E-state index in [1.54, 1.807) is 12.1 Å². The van der Waals surface area contributed by atoms with E-state index < -0.39 is 15.6 Å². The third-order valence-electron chi connectivity index (χ3n) is 3.85. The molecule has 0 fully saturated rings. The van der Waals surface area contributed by atoms with Crippen LogP contribution >= 0.6 is 0 Å². The van der Waals surface area contributed by atoms with E-state index in [2.05, 4.69) is 11.8 Å². The van der Waals surface area contributed by atoms with Crippen LogP contribution in [0, 0.1) is 11.8 Å². The molecule has 2 rings (SSSR count). The molecule has 2 aromatic carbocycles. The van der Waals surface area contributed by atoms with Crippen molar-refractivity contribution in [3.8, 4) is 17.6 Å². The summed E-state index contributed by atoms with van der Waals surface area (Å²) in [5.74, 6) is 6.60. The number of primary sulfonamides is 1. The number of ether oxygens (including phenoxy) is 2. The van der Waals surface area contributed by atoms with Crippen molar-refractivity contribution >= 4 is 16.0 Å². The highest BCUT2D eigenvalue weighted by atomic mass is 32.2. The van der Waals surface area contributed by atoms with Gasteiger partial charge in [0.25, 0.3) is 0 Å². The van der Waals surface area contributed by atoms with Gasteiger partial charge in [-0.2, -0.15) is 0 Å². The highest BCUT2D eigenvalue weighted by Crippen LogP contribution is 2.15. The van der Waals surface area contributed by atoms with E-state index in [0.29, 0.717) is 31.6 Å². The Morgan fingerprint density at radius 2 is 1.67 bits per heavy atom. The zero-order valence-electron chi connectivity index (χ0n) is 17.5. The molecule has 2 aromatic rings. The molecule has 0 aliphatic rings.